The van der Waals surface area contributed by atoms with Gasteiger partial charge in [-0.1, -0.05) is 43.3 Å². The van der Waals surface area contributed by atoms with E-state index in [1.54, 1.807) is 0 Å². The van der Waals surface area contributed by atoms with E-state index in [0.717, 1.165) is 18.4 Å². The van der Waals surface area contributed by atoms with Crippen LogP contribution in [0.3, 0.4) is 0 Å². The van der Waals surface area contributed by atoms with E-state index in [4.69, 9.17) is 0 Å². The first-order chi connectivity index (χ1) is 10.3. The Morgan fingerprint density at radius 3 is 2.67 bits per heavy atom. The normalized spacial score (nSPS) is 12.2. The van der Waals surface area contributed by atoms with Gasteiger partial charge in [0.15, 0.2) is 0 Å². The van der Waals surface area contributed by atoms with E-state index < -0.39 is 0 Å². The van der Waals surface area contributed by atoms with Crippen LogP contribution in [-0.2, 0) is 6.42 Å². The maximum atomic E-state index is 4.36. The third-order valence-corrected chi connectivity index (χ3v) is 3.79. The third-order valence-electron chi connectivity index (χ3n) is 3.79. The number of aromatic nitrogens is 1. The van der Waals surface area contributed by atoms with Crippen molar-refractivity contribution in [2.75, 3.05) is 5.32 Å². The predicted octanol–water partition coefficient (Wildman–Crippen LogP) is 4.67. The van der Waals surface area contributed by atoms with E-state index in [-0.39, 0.29) is 0 Å². The summed E-state index contributed by atoms with van der Waals surface area (Å²) in [4.78, 5) is 4.36. The summed E-state index contributed by atoms with van der Waals surface area (Å²) in [7, 11) is 0. The molecule has 0 aliphatic carbocycles. The van der Waals surface area contributed by atoms with Gasteiger partial charge in [0.05, 0.1) is 5.52 Å². The Morgan fingerprint density at radius 2 is 1.86 bits per heavy atom. The second-order valence-electron chi connectivity index (χ2n) is 5.35. The fourth-order valence-electron chi connectivity index (χ4n) is 2.60. The molecule has 0 fully saturated rings. The van der Waals surface area contributed by atoms with Crippen LogP contribution in [0.2, 0.25) is 0 Å². The number of fused-ring (bicyclic) bond motifs is 1. The molecule has 1 unspecified atom stereocenters. The second-order valence-corrected chi connectivity index (χ2v) is 5.35. The zero-order valence-electron chi connectivity index (χ0n) is 12.3. The molecule has 0 spiro atoms. The molecule has 0 bridgehead atoms. The van der Waals surface area contributed by atoms with Gasteiger partial charge in [-0.25, -0.2) is 0 Å². The molecule has 0 saturated carbocycles. The molecule has 3 aromatic rings. The van der Waals surface area contributed by atoms with Gasteiger partial charge in [-0.05, 0) is 42.7 Å². The van der Waals surface area contributed by atoms with Crippen LogP contribution in [0.25, 0.3) is 10.9 Å². The zero-order valence-corrected chi connectivity index (χ0v) is 12.3. The molecule has 1 atom stereocenters. The minimum Gasteiger partial charge on any atom is -0.382 e. The zero-order chi connectivity index (χ0) is 14.5. The van der Waals surface area contributed by atoms with Crippen molar-refractivity contribution in [1.29, 1.82) is 0 Å². The van der Waals surface area contributed by atoms with Gasteiger partial charge in [-0.2, -0.15) is 0 Å². The minimum absolute atomic E-state index is 0.446. The number of anilines is 1. The molecule has 1 heterocycles. The molecule has 21 heavy (non-hydrogen) atoms. The first-order valence-electron chi connectivity index (χ1n) is 7.50. The summed E-state index contributed by atoms with van der Waals surface area (Å²) in [5, 5.41) is 4.82. The van der Waals surface area contributed by atoms with Crippen LogP contribution < -0.4 is 5.32 Å². The van der Waals surface area contributed by atoms with Crippen molar-refractivity contribution in [2.24, 2.45) is 0 Å². The van der Waals surface area contributed by atoms with Crippen molar-refractivity contribution in [3.05, 3.63) is 72.4 Å². The molecular formula is C19H20N2. The lowest BCUT2D eigenvalue weighted by Crippen LogP contribution is -2.21. The van der Waals surface area contributed by atoms with Gasteiger partial charge >= 0.3 is 0 Å². The molecule has 3 rings (SSSR count). The molecule has 2 aromatic carbocycles. The monoisotopic (exact) mass is 276 g/mol. The maximum absolute atomic E-state index is 4.36. The Hall–Kier alpha value is -2.35. The van der Waals surface area contributed by atoms with Gasteiger partial charge in [0.25, 0.3) is 0 Å². The van der Waals surface area contributed by atoms with Crippen LogP contribution in [0, 0.1) is 0 Å². The van der Waals surface area contributed by atoms with Crippen molar-refractivity contribution < 1.29 is 0 Å². The van der Waals surface area contributed by atoms with E-state index in [1.807, 2.05) is 12.3 Å². The SMILES string of the molecule is CCC(Cc1ccccc1)Nc1ccc2ncccc2c1. The van der Waals surface area contributed by atoms with E-state index in [1.165, 1.54) is 16.6 Å². The summed E-state index contributed by atoms with van der Waals surface area (Å²) < 4.78 is 0. The van der Waals surface area contributed by atoms with Crippen LogP contribution in [-0.4, -0.2) is 11.0 Å². The van der Waals surface area contributed by atoms with Crippen molar-refractivity contribution in [3.8, 4) is 0 Å². The second kappa shape index (κ2) is 6.40. The number of hydrogen-bond donors (Lipinski definition) is 1. The van der Waals surface area contributed by atoms with Gasteiger partial charge < -0.3 is 5.32 Å². The van der Waals surface area contributed by atoms with Crippen LogP contribution in [0.5, 0.6) is 0 Å². The summed E-state index contributed by atoms with van der Waals surface area (Å²) in [6.07, 6.45) is 3.97. The average Bonchev–Trinajstić information content (AvgIpc) is 2.55. The number of benzene rings is 2. The minimum atomic E-state index is 0.446. The standard InChI is InChI=1S/C19H20N2/c1-2-17(13-15-7-4-3-5-8-15)21-18-10-11-19-16(14-18)9-6-12-20-19/h3-12,14,17,21H,2,13H2,1H3. The molecule has 0 aliphatic rings. The number of hydrogen-bond acceptors (Lipinski definition) is 2. The number of rotatable bonds is 5. The Morgan fingerprint density at radius 1 is 1.00 bits per heavy atom. The van der Waals surface area contributed by atoms with Gasteiger partial charge in [0.2, 0.25) is 0 Å². The van der Waals surface area contributed by atoms with Crippen LogP contribution >= 0.6 is 0 Å². The molecule has 0 radical (unpaired) electrons. The van der Waals surface area contributed by atoms with Crippen LogP contribution in [0.4, 0.5) is 5.69 Å². The Labute approximate surface area is 125 Å². The lowest BCUT2D eigenvalue weighted by molar-refractivity contribution is 0.690. The summed E-state index contributed by atoms with van der Waals surface area (Å²) in [6.45, 7) is 2.23. The summed E-state index contributed by atoms with van der Waals surface area (Å²) in [5.41, 5.74) is 3.58. The fraction of sp³-hybridized carbons (Fsp3) is 0.211. The Balaban J connectivity index is 1.76. The van der Waals surface area contributed by atoms with E-state index in [0.29, 0.717) is 6.04 Å². The fourth-order valence-corrected chi connectivity index (χ4v) is 2.60. The van der Waals surface area contributed by atoms with Crippen molar-refractivity contribution >= 4 is 16.6 Å². The Bertz CT molecular complexity index is 707. The van der Waals surface area contributed by atoms with Crippen molar-refractivity contribution in [2.45, 2.75) is 25.8 Å². The first-order valence-corrected chi connectivity index (χ1v) is 7.50. The highest BCUT2D eigenvalue weighted by atomic mass is 14.9. The molecule has 2 nitrogen and oxygen atoms in total. The highest BCUT2D eigenvalue weighted by Gasteiger charge is 2.07. The summed E-state index contributed by atoms with van der Waals surface area (Å²) in [5.74, 6) is 0. The van der Waals surface area contributed by atoms with Crippen molar-refractivity contribution in [1.82, 2.24) is 4.98 Å². The first kappa shape index (κ1) is 13.6. The molecule has 2 heteroatoms. The molecule has 1 N–H and O–H groups in total. The molecule has 0 saturated heterocycles. The topological polar surface area (TPSA) is 24.9 Å². The molecule has 0 aliphatic heterocycles. The lowest BCUT2D eigenvalue weighted by atomic mass is 10.0. The quantitative estimate of drug-likeness (QED) is 0.732. The lowest BCUT2D eigenvalue weighted by Gasteiger charge is -2.18. The average molecular weight is 276 g/mol. The highest BCUT2D eigenvalue weighted by Crippen LogP contribution is 2.19. The van der Waals surface area contributed by atoms with Gasteiger partial charge in [-0.3, -0.25) is 4.98 Å². The molecule has 106 valence electrons. The van der Waals surface area contributed by atoms with Crippen molar-refractivity contribution in [3.63, 3.8) is 0 Å². The van der Waals surface area contributed by atoms with E-state index in [9.17, 15) is 0 Å². The Kier molecular flexibility index (Phi) is 4.15. The van der Waals surface area contributed by atoms with Gasteiger partial charge in [0, 0.05) is 23.3 Å². The highest BCUT2D eigenvalue weighted by molar-refractivity contribution is 5.82. The molecular weight excluding hydrogens is 256 g/mol. The molecule has 0 amide bonds. The largest absolute Gasteiger partial charge is 0.382 e. The summed E-state index contributed by atoms with van der Waals surface area (Å²) in [6, 6.07) is 21.5. The van der Waals surface area contributed by atoms with Gasteiger partial charge in [0.1, 0.15) is 0 Å². The van der Waals surface area contributed by atoms with Gasteiger partial charge in [-0.15, -0.1) is 0 Å². The number of pyridine rings is 1. The van der Waals surface area contributed by atoms with E-state index >= 15 is 0 Å². The van der Waals surface area contributed by atoms with E-state index in [2.05, 4.69) is 71.8 Å². The molecule has 1 aromatic heterocycles. The maximum Gasteiger partial charge on any atom is 0.0703 e. The smallest absolute Gasteiger partial charge is 0.0703 e. The third kappa shape index (κ3) is 3.40. The predicted molar refractivity (Wildman–Crippen MR) is 89.6 cm³/mol. The summed E-state index contributed by atoms with van der Waals surface area (Å²) >= 11 is 0. The number of nitrogens with one attached hydrogen (secondary N) is 1. The van der Waals surface area contributed by atoms with Crippen LogP contribution in [0.15, 0.2) is 66.9 Å². The number of nitrogens with zero attached hydrogens (tertiary/aromatic N) is 1. The van der Waals surface area contributed by atoms with Crippen LogP contribution in [0.1, 0.15) is 18.9 Å².